The molecule has 3 amide bonds. The fourth-order valence-corrected chi connectivity index (χ4v) is 4.83. The molecule has 1 saturated heterocycles. The Morgan fingerprint density at radius 2 is 1.88 bits per heavy atom. The molecule has 1 N–H and O–H groups in total. The van der Waals surface area contributed by atoms with Crippen LogP contribution in [-0.4, -0.2) is 41.8 Å². The number of thioether (sulfide) groups is 1. The number of ether oxygens (including phenoxy) is 2. The third kappa shape index (κ3) is 3.84. The van der Waals surface area contributed by atoms with Gasteiger partial charge in [0.05, 0.1) is 10.3 Å². The van der Waals surface area contributed by atoms with E-state index in [0.29, 0.717) is 21.4 Å². The highest BCUT2D eigenvalue weighted by Gasteiger charge is 2.51. The van der Waals surface area contributed by atoms with E-state index < -0.39 is 5.41 Å². The summed E-state index contributed by atoms with van der Waals surface area (Å²) in [5.74, 6) is 0.793. The summed E-state index contributed by atoms with van der Waals surface area (Å²) >= 11 is 6.83. The fourth-order valence-electron chi connectivity index (χ4n) is 3.84. The third-order valence-electron chi connectivity index (χ3n) is 5.77. The van der Waals surface area contributed by atoms with Crippen LogP contribution in [0, 0.1) is 0 Å². The highest BCUT2D eigenvalue weighted by atomic mass is 35.5. The summed E-state index contributed by atoms with van der Waals surface area (Å²) < 4.78 is 10.6. The van der Waals surface area contributed by atoms with E-state index in [0.717, 1.165) is 40.6 Å². The number of halogens is 1. The molecule has 0 unspecified atom stereocenters. The zero-order chi connectivity index (χ0) is 22.3. The van der Waals surface area contributed by atoms with Gasteiger partial charge in [0.1, 0.15) is 0 Å². The summed E-state index contributed by atoms with van der Waals surface area (Å²) in [7, 11) is 0. The normalized spacial score (nSPS) is 19.5. The van der Waals surface area contributed by atoms with Gasteiger partial charge in [0.2, 0.25) is 12.7 Å². The van der Waals surface area contributed by atoms with Gasteiger partial charge >= 0.3 is 0 Å². The van der Waals surface area contributed by atoms with E-state index in [1.807, 2.05) is 12.1 Å². The maximum atomic E-state index is 12.8. The minimum absolute atomic E-state index is 0.0947. The molecule has 2 aliphatic heterocycles. The van der Waals surface area contributed by atoms with Gasteiger partial charge in [-0.1, -0.05) is 29.8 Å². The largest absolute Gasteiger partial charge is 0.454 e. The first kappa shape index (κ1) is 20.9. The molecule has 9 heteroatoms. The molecule has 0 bridgehead atoms. The van der Waals surface area contributed by atoms with Crippen molar-refractivity contribution in [3.8, 4) is 11.5 Å². The summed E-state index contributed by atoms with van der Waals surface area (Å²) in [5, 5.41) is 3.15. The van der Waals surface area contributed by atoms with Crippen LogP contribution >= 0.6 is 23.4 Å². The molecule has 0 aromatic heterocycles. The molecular formula is C23H19ClN2O5S. The van der Waals surface area contributed by atoms with Gasteiger partial charge in [0.15, 0.2) is 11.5 Å². The second-order valence-electron chi connectivity index (χ2n) is 7.79. The average Bonchev–Trinajstić information content (AvgIpc) is 3.39. The standard InChI is InChI=1S/C23H19ClN2O5S/c24-16-4-2-15(3-5-16)23(7-8-23)21(28)25-9-10-26-20(27)19(32-22(26)29)12-14-1-6-17-18(11-14)31-13-30-17/h1-6,11-12H,7-10,13H2,(H,25,28)/b19-12+. The van der Waals surface area contributed by atoms with Crippen LogP contribution in [0.5, 0.6) is 11.5 Å². The molecule has 2 aromatic carbocycles. The fraction of sp³-hybridized carbons (Fsp3) is 0.261. The van der Waals surface area contributed by atoms with Crippen LogP contribution in [0.2, 0.25) is 5.02 Å². The Labute approximate surface area is 193 Å². The van der Waals surface area contributed by atoms with Crippen LogP contribution in [0.25, 0.3) is 6.08 Å². The number of carbonyl (C=O) groups is 3. The Balaban J connectivity index is 1.20. The van der Waals surface area contributed by atoms with Gasteiger partial charge in [-0.15, -0.1) is 0 Å². The monoisotopic (exact) mass is 470 g/mol. The van der Waals surface area contributed by atoms with Crippen LogP contribution in [0.1, 0.15) is 24.0 Å². The first-order valence-electron chi connectivity index (χ1n) is 10.2. The number of carbonyl (C=O) groups excluding carboxylic acids is 3. The van der Waals surface area contributed by atoms with E-state index in [-0.39, 0.29) is 36.9 Å². The van der Waals surface area contributed by atoms with E-state index in [4.69, 9.17) is 21.1 Å². The Bertz CT molecular complexity index is 1140. The predicted molar refractivity (Wildman–Crippen MR) is 121 cm³/mol. The molecule has 32 heavy (non-hydrogen) atoms. The third-order valence-corrected chi connectivity index (χ3v) is 6.93. The van der Waals surface area contributed by atoms with Gasteiger partial charge < -0.3 is 14.8 Å². The summed E-state index contributed by atoms with van der Waals surface area (Å²) in [6.07, 6.45) is 3.19. The van der Waals surface area contributed by atoms with Gasteiger partial charge in [-0.05, 0) is 66.1 Å². The number of hydrogen-bond donors (Lipinski definition) is 1. The van der Waals surface area contributed by atoms with Gasteiger partial charge in [-0.2, -0.15) is 0 Å². The minimum atomic E-state index is -0.539. The van der Waals surface area contributed by atoms with Crippen LogP contribution in [-0.2, 0) is 15.0 Å². The highest BCUT2D eigenvalue weighted by Crippen LogP contribution is 2.48. The van der Waals surface area contributed by atoms with E-state index in [9.17, 15) is 14.4 Å². The first-order chi connectivity index (χ1) is 15.5. The summed E-state index contributed by atoms with van der Waals surface area (Å²) in [4.78, 5) is 39.4. The van der Waals surface area contributed by atoms with Crippen LogP contribution in [0.15, 0.2) is 47.4 Å². The molecule has 2 aromatic rings. The van der Waals surface area contributed by atoms with E-state index in [2.05, 4.69) is 5.32 Å². The molecule has 1 aliphatic carbocycles. The zero-order valence-corrected chi connectivity index (χ0v) is 18.5. The molecule has 0 atom stereocenters. The lowest BCUT2D eigenvalue weighted by Crippen LogP contribution is -2.41. The first-order valence-corrected chi connectivity index (χ1v) is 11.4. The summed E-state index contributed by atoms with van der Waals surface area (Å²) in [5.41, 5.74) is 1.13. The average molecular weight is 471 g/mol. The molecule has 164 valence electrons. The summed E-state index contributed by atoms with van der Waals surface area (Å²) in [6, 6.07) is 12.6. The van der Waals surface area contributed by atoms with Gasteiger partial charge in [-0.25, -0.2) is 0 Å². The number of rotatable bonds is 6. The molecular weight excluding hydrogens is 452 g/mol. The predicted octanol–water partition coefficient (Wildman–Crippen LogP) is 3.95. The summed E-state index contributed by atoms with van der Waals surface area (Å²) in [6.45, 7) is 0.482. The van der Waals surface area contributed by atoms with Gasteiger partial charge in [0.25, 0.3) is 11.1 Å². The number of amides is 3. The molecule has 2 heterocycles. The van der Waals surface area contributed by atoms with Crippen molar-refractivity contribution in [2.75, 3.05) is 19.9 Å². The number of nitrogens with zero attached hydrogens (tertiary/aromatic N) is 1. The Morgan fingerprint density at radius 3 is 2.62 bits per heavy atom. The lowest BCUT2D eigenvalue weighted by Gasteiger charge is -2.18. The van der Waals surface area contributed by atoms with Crippen LogP contribution in [0.3, 0.4) is 0 Å². The topological polar surface area (TPSA) is 84.9 Å². The van der Waals surface area contributed by atoms with Crippen molar-refractivity contribution in [3.05, 3.63) is 63.5 Å². The van der Waals surface area contributed by atoms with E-state index >= 15 is 0 Å². The van der Waals surface area contributed by atoms with Crippen molar-refractivity contribution in [1.82, 2.24) is 10.2 Å². The zero-order valence-electron chi connectivity index (χ0n) is 16.9. The lowest BCUT2D eigenvalue weighted by molar-refractivity contribution is -0.125. The molecule has 0 spiro atoms. The maximum absolute atomic E-state index is 12.8. The second-order valence-corrected chi connectivity index (χ2v) is 9.22. The van der Waals surface area contributed by atoms with Gasteiger partial charge in [-0.3, -0.25) is 19.3 Å². The van der Waals surface area contributed by atoms with E-state index in [1.54, 1.807) is 36.4 Å². The molecule has 5 rings (SSSR count). The SMILES string of the molecule is O=C1S/C(=C/c2ccc3c(c2)OCO3)C(=O)N1CCNC(=O)C1(c2ccc(Cl)cc2)CC1. The molecule has 2 fully saturated rings. The van der Waals surface area contributed by atoms with Crippen molar-refractivity contribution in [1.29, 1.82) is 0 Å². The Kier molecular flexibility index (Phi) is 5.35. The van der Waals surface area contributed by atoms with Crippen molar-refractivity contribution in [2.24, 2.45) is 0 Å². The lowest BCUT2D eigenvalue weighted by atomic mass is 9.95. The Morgan fingerprint density at radius 1 is 1.12 bits per heavy atom. The Hall–Kier alpha value is -2.97. The van der Waals surface area contributed by atoms with Crippen molar-refractivity contribution in [2.45, 2.75) is 18.3 Å². The minimum Gasteiger partial charge on any atom is -0.454 e. The number of imide groups is 1. The van der Waals surface area contributed by atoms with Crippen molar-refractivity contribution >= 4 is 46.5 Å². The highest BCUT2D eigenvalue weighted by molar-refractivity contribution is 8.18. The number of fused-ring (bicyclic) bond motifs is 1. The maximum Gasteiger partial charge on any atom is 0.293 e. The van der Waals surface area contributed by atoms with Crippen LogP contribution < -0.4 is 14.8 Å². The van der Waals surface area contributed by atoms with Gasteiger partial charge in [0, 0.05) is 18.1 Å². The molecule has 3 aliphatic rings. The molecule has 1 saturated carbocycles. The molecule has 7 nitrogen and oxygen atoms in total. The number of nitrogens with one attached hydrogen (secondary N) is 1. The van der Waals surface area contributed by atoms with Crippen molar-refractivity contribution in [3.63, 3.8) is 0 Å². The van der Waals surface area contributed by atoms with E-state index in [1.165, 1.54) is 0 Å². The quantitative estimate of drug-likeness (QED) is 0.643. The number of benzene rings is 2. The molecule has 0 radical (unpaired) electrons. The number of hydrogen-bond acceptors (Lipinski definition) is 6. The van der Waals surface area contributed by atoms with Crippen molar-refractivity contribution < 1.29 is 23.9 Å². The van der Waals surface area contributed by atoms with Crippen LogP contribution in [0.4, 0.5) is 4.79 Å². The smallest absolute Gasteiger partial charge is 0.293 e. The second kappa shape index (κ2) is 8.18.